The minimum absolute atomic E-state index is 0.264. The van der Waals surface area contributed by atoms with E-state index in [4.69, 9.17) is 14.5 Å². The Kier molecular flexibility index (Phi) is 4.12. The van der Waals surface area contributed by atoms with Crippen molar-refractivity contribution in [1.82, 2.24) is 14.9 Å². The molecule has 1 aliphatic heterocycles. The van der Waals surface area contributed by atoms with Gasteiger partial charge in [0.2, 0.25) is 0 Å². The van der Waals surface area contributed by atoms with Gasteiger partial charge >= 0.3 is 0 Å². The largest absolute Gasteiger partial charge is 0.497 e. The van der Waals surface area contributed by atoms with Crippen LogP contribution in [0.4, 0.5) is 0 Å². The van der Waals surface area contributed by atoms with Crippen molar-refractivity contribution in [1.29, 1.82) is 0 Å². The molecule has 1 N–H and O–H groups in total. The smallest absolute Gasteiger partial charge is 0.127 e. The van der Waals surface area contributed by atoms with Gasteiger partial charge in [0.25, 0.3) is 0 Å². The van der Waals surface area contributed by atoms with E-state index in [-0.39, 0.29) is 12.1 Å². The Bertz CT molecular complexity index is 623. The Morgan fingerprint density at radius 2 is 2.24 bits per heavy atom. The van der Waals surface area contributed by atoms with Crippen molar-refractivity contribution in [3.05, 3.63) is 24.0 Å². The molecule has 1 aliphatic rings. The lowest BCUT2D eigenvalue weighted by atomic mass is 10.2. The molecule has 2 aromatic rings. The van der Waals surface area contributed by atoms with Gasteiger partial charge in [-0.2, -0.15) is 0 Å². The van der Waals surface area contributed by atoms with Gasteiger partial charge in [-0.25, -0.2) is 4.98 Å². The Morgan fingerprint density at radius 3 is 2.90 bits per heavy atom. The van der Waals surface area contributed by atoms with E-state index in [9.17, 15) is 0 Å². The van der Waals surface area contributed by atoms with Crippen molar-refractivity contribution < 1.29 is 9.47 Å². The quantitative estimate of drug-likeness (QED) is 0.919. The summed E-state index contributed by atoms with van der Waals surface area (Å²) in [6.07, 6.45) is 2.34. The summed E-state index contributed by atoms with van der Waals surface area (Å²) in [6.45, 7) is 4.06. The zero-order chi connectivity index (χ0) is 14.8. The first-order chi connectivity index (χ1) is 10.3. The second kappa shape index (κ2) is 6.03. The van der Waals surface area contributed by atoms with Crippen molar-refractivity contribution in [3.8, 4) is 5.75 Å². The number of aromatic nitrogens is 2. The molecule has 2 heterocycles. The molecule has 114 valence electrons. The number of nitrogens with zero attached hydrogens (tertiary/aromatic N) is 2. The first kappa shape index (κ1) is 14.4. The summed E-state index contributed by atoms with van der Waals surface area (Å²) in [6, 6.07) is 6.37. The maximum absolute atomic E-state index is 5.45. The highest BCUT2D eigenvalue weighted by molar-refractivity contribution is 5.78. The minimum atomic E-state index is 0.264. The number of hydrogen-bond donors (Lipinski definition) is 1. The normalized spacial score (nSPS) is 22.0. The Labute approximate surface area is 125 Å². The summed E-state index contributed by atoms with van der Waals surface area (Å²) in [5.74, 6) is 1.96. The van der Waals surface area contributed by atoms with Gasteiger partial charge in [-0.15, -0.1) is 0 Å². The predicted molar refractivity (Wildman–Crippen MR) is 82.7 cm³/mol. The first-order valence-corrected chi connectivity index (χ1v) is 7.57. The predicted octanol–water partition coefficient (Wildman–Crippen LogP) is 2.50. The Hall–Kier alpha value is -1.59. The standard InChI is InChI=1S/C16H23N3O2/c1-4-7-19-15-6-5-11(20-2)8-13(15)18-16(19)14-9-12(21-3)10-17-14/h5-6,8,12,14,17H,4,7,9-10H2,1-3H3. The second-order valence-corrected chi connectivity index (χ2v) is 5.53. The third-order valence-corrected chi connectivity index (χ3v) is 4.17. The van der Waals surface area contributed by atoms with E-state index in [1.54, 1.807) is 14.2 Å². The number of fused-ring (bicyclic) bond motifs is 1. The van der Waals surface area contributed by atoms with Crippen LogP contribution in [0.2, 0.25) is 0 Å². The van der Waals surface area contributed by atoms with E-state index in [2.05, 4.69) is 22.9 Å². The van der Waals surface area contributed by atoms with Crippen LogP contribution >= 0.6 is 0 Å². The summed E-state index contributed by atoms with van der Waals surface area (Å²) in [5, 5.41) is 3.52. The van der Waals surface area contributed by atoms with Gasteiger partial charge in [-0.05, 0) is 25.0 Å². The molecule has 0 amide bonds. The van der Waals surface area contributed by atoms with Crippen molar-refractivity contribution in [3.63, 3.8) is 0 Å². The lowest BCUT2D eigenvalue weighted by molar-refractivity contribution is 0.117. The van der Waals surface area contributed by atoms with Crippen LogP contribution < -0.4 is 10.1 Å². The highest BCUT2D eigenvalue weighted by atomic mass is 16.5. The monoisotopic (exact) mass is 289 g/mol. The van der Waals surface area contributed by atoms with Gasteiger partial charge < -0.3 is 19.4 Å². The molecule has 0 radical (unpaired) electrons. The first-order valence-electron chi connectivity index (χ1n) is 7.57. The number of aryl methyl sites for hydroxylation is 1. The average Bonchev–Trinajstić information content (AvgIpc) is 3.11. The van der Waals surface area contributed by atoms with Crippen LogP contribution in [0.25, 0.3) is 11.0 Å². The number of benzene rings is 1. The summed E-state index contributed by atoms with van der Waals surface area (Å²) in [4.78, 5) is 4.86. The molecular weight excluding hydrogens is 266 g/mol. The van der Waals surface area contributed by atoms with E-state index in [1.807, 2.05) is 12.1 Å². The fraction of sp³-hybridized carbons (Fsp3) is 0.562. The average molecular weight is 289 g/mol. The summed E-state index contributed by atoms with van der Waals surface area (Å²) >= 11 is 0. The molecule has 1 aromatic heterocycles. The highest BCUT2D eigenvalue weighted by Crippen LogP contribution is 2.29. The minimum Gasteiger partial charge on any atom is -0.497 e. The van der Waals surface area contributed by atoms with E-state index >= 15 is 0 Å². The van der Waals surface area contributed by atoms with Crippen LogP contribution in [0.3, 0.4) is 0 Å². The fourth-order valence-electron chi connectivity index (χ4n) is 3.06. The molecule has 21 heavy (non-hydrogen) atoms. The molecule has 1 fully saturated rings. The molecular formula is C16H23N3O2. The number of hydrogen-bond acceptors (Lipinski definition) is 4. The van der Waals surface area contributed by atoms with E-state index in [0.717, 1.165) is 43.0 Å². The fourth-order valence-corrected chi connectivity index (χ4v) is 3.06. The molecule has 3 rings (SSSR count). The molecule has 1 saturated heterocycles. The zero-order valence-corrected chi connectivity index (χ0v) is 12.9. The van der Waals surface area contributed by atoms with Gasteiger partial charge in [0.15, 0.2) is 0 Å². The second-order valence-electron chi connectivity index (χ2n) is 5.53. The number of imidazole rings is 1. The van der Waals surface area contributed by atoms with Crippen LogP contribution in [0, 0.1) is 0 Å². The van der Waals surface area contributed by atoms with Gasteiger partial charge in [-0.3, -0.25) is 0 Å². The molecule has 1 aromatic carbocycles. The van der Waals surface area contributed by atoms with Gasteiger partial charge in [0, 0.05) is 26.3 Å². The maximum Gasteiger partial charge on any atom is 0.127 e. The van der Waals surface area contributed by atoms with Gasteiger partial charge in [0.1, 0.15) is 11.6 Å². The number of nitrogens with one attached hydrogen (secondary N) is 1. The van der Waals surface area contributed by atoms with Crippen molar-refractivity contribution in [2.24, 2.45) is 0 Å². The van der Waals surface area contributed by atoms with Crippen molar-refractivity contribution in [2.75, 3.05) is 20.8 Å². The topological polar surface area (TPSA) is 48.3 Å². The molecule has 5 heteroatoms. The molecule has 0 aliphatic carbocycles. The lowest BCUT2D eigenvalue weighted by Gasteiger charge is -2.13. The number of methoxy groups -OCH3 is 2. The highest BCUT2D eigenvalue weighted by Gasteiger charge is 2.29. The third-order valence-electron chi connectivity index (χ3n) is 4.17. The maximum atomic E-state index is 5.45. The van der Waals surface area contributed by atoms with Gasteiger partial charge in [0.05, 0.1) is 30.3 Å². The Morgan fingerprint density at radius 1 is 1.38 bits per heavy atom. The molecule has 5 nitrogen and oxygen atoms in total. The summed E-state index contributed by atoms with van der Waals surface area (Å²) in [7, 11) is 3.46. The van der Waals surface area contributed by atoms with E-state index in [0.29, 0.717) is 0 Å². The summed E-state index contributed by atoms with van der Waals surface area (Å²) < 4.78 is 13.1. The van der Waals surface area contributed by atoms with Crippen LogP contribution in [-0.4, -0.2) is 36.4 Å². The zero-order valence-electron chi connectivity index (χ0n) is 12.9. The molecule has 0 bridgehead atoms. The van der Waals surface area contributed by atoms with Crippen molar-refractivity contribution in [2.45, 2.75) is 38.5 Å². The lowest BCUT2D eigenvalue weighted by Crippen LogP contribution is -2.19. The number of ether oxygens (including phenoxy) is 2. The number of rotatable bonds is 5. The third kappa shape index (κ3) is 2.63. The molecule has 0 spiro atoms. The van der Waals surface area contributed by atoms with Crippen LogP contribution in [0.15, 0.2) is 18.2 Å². The van der Waals surface area contributed by atoms with Gasteiger partial charge in [-0.1, -0.05) is 6.92 Å². The van der Waals surface area contributed by atoms with E-state index < -0.39 is 0 Å². The van der Waals surface area contributed by atoms with Crippen molar-refractivity contribution >= 4 is 11.0 Å². The van der Waals surface area contributed by atoms with Crippen LogP contribution in [0.5, 0.6) is 5.75 Å². The Balaban J connectivity index is 2.02. The molecule has 2 atom stereocenters. The van der Waals surface area contributed by atoms with Crippen LogP contribution in [0.1, 0.15) is 31.6 Å². The molecule has 2 unspecified atom stereocenters. The van der Waals surface area contributed by atoms with E-state index in [1.165, 1.54) is 5.52 Å². The summed E-state index contributed by atoms with van der Waals surface area (Å²) in [5.41, 5.74) is 2.18. The SMILES string of the molecule is CCCn1c(C2CC(OC)CN2)nc2cc(OC)ccc21. The molecule has 0 saturated carbocycles. The van der Waals surface area contributed by atoms with Crippen LogP contribution in [-0.2, 0) is 11.3 Å².